The molecule has 1 aliphatic rings. The summed E-state index contributed by atoms with van der Waals surface area (Å²) < 4.78 is 1.05. The van der Waals surface area contributed by atoms with E-state index < -0.39 is 5.60 Å². The zero-order valence-corrected chi connectivity index (χ0v) is 15.7. The first kappa shape index (κ1) is 17.0. The monoisotopic (exact) mass is 391 g/mol. The standard InChI is InChI=1S/C19H22BrNOS/c1-23-18-8-2-15(3-9-18)14-21-12-10-19(22,11-13-21)16-4-6-17(20)7-5-16/h2-9,22H,10-14H2,1H3. The number of thioether (sulfide) groups is 1. The molecule has 0 aliphatic carbocycles. The molecular weight excluding hydrogens is 370 g/mol. The average Bonchev–Trinajstić information content (AvgIpc) is 2.58. The molecule has 0 unspecified atom stereocenters. The van der Waals surface area contributed by atoms with Gasteiger partial charge in [-0.2, -0.15) is 0 Å². The first-order chi connectivity index (χ1) is 11.1. The van der Waals surface area contributed by atoms with Gasteiger partial charge in [0.2, 0.25) is 0 Å². The molecule has 23 heavy (non-hydrogen) atoms. The number of halogens is 1. The molecule has 2 aromatic carbocycles. The van der Waals surface area contributed by atoms with Gasteiger partial charge < -0.3 is 5.11 Å². The summed E-state index contributed by atoms with van der Waals surface area (Å²) in [6.45, 7) is 2.82. The fraction of sp³-hybridized carbons (Fsp3) is 0.368. The van der Waals surface area contributed by atoms with Crippen LogP contribution in [0.15, 0.2) is 57.9 Å². The molecule has 1 fully saturated rings. The lowest BCUT2D eigenvalue weighted by Gasteiger charge is -2.38. The van der Waals surface area contributed by atoms with Crippen LogP contribution in [0.2, 0.25) is 0 Å². The molecule has 0 amide bonds. The molecule has 1 aliphatic heterocycles. The molecule has 4 heteroatoms. The lowest BCUT2D eigenvalue weighted by Crippen LogP contribution is -2.42. The Balaban J connectivity index is 1.60. The summed E-state index contributed by atoms with van der Waals surface area (Å²) in [7, 11) is 0. The van der Waals surface area contributed by atoms with Gasteiger partial charge in [0.25, 0.3) is 0 Å². The van der Waals surface area contributed by atoms with Gasteiger partial charge in [-0.25, -0.2) is 0 Å². The quantitative estimate of drug-likeness (QED) is 0.766. The van der Waals surface area contributed by atoms with E-state index in [2.05, 4.69) is 51.4 Å². The molecule has 0 saturated carbocycles. The number of rotatable bonds is 4. The Kier molecular flexibility index (Phi) is 5.47. The van der Waals surface area contributed by atoms with Gasteiger partial charge in [-0.15, -0.1) is 11.8 Å². The lowest BCUT2D eigenvalue weighted by atomic mass is 9.84. The van der Waals surface area contributed by atoms with Crippen LogP contribution in [0, 0.1) is 0 Å². The minimum atomic E-state index is -0.681. The Morgan fingerprint density at radius 3 is 2.22 bits per heavy atom. The molecule has 0 bridgehead atoms. The normalized spacial score (nSPS) is 18.0. The predicted octanol–water partition coefficient (Wildman–Crippen LogP) is 4.65. The third kappa shape index (κ3) is 4.18. The first-order valence-corrected chi connectivity index (χ1v) is 9.94. The highest BCUT2D eigenvalue weighted by Crippen LogP contribution is 2.33. The molecule has 122 valence electrons. The van der Waals surface area contributed by atoms with Gasteiger partial charge in [0.05, 0.1) is 5.60 Å². The summed E-state index contributed by atoms with van der Waals surface area (Å²) in [5.41, 5.74) is 1.70. The Labute approximate surface area is 151 Å². The highest BCUT2D eigenvalue weighted by atomic mass is 79.9. The second kappa shape index (κ2) is 7.39. The maximum absolute atomic E-state index is 10.9. The molecular formula is C19H22BrNOS. The van der Waals surface area contributed by atoms with Crippen LogP contribution >= 0.6 is 27.7 Å². The Morgan fingerprint density at radius 2 is 1.65 bits per heavy atom. The second-order valence-corrected chi connectivity index (χ2v) is 7.96. The highest BCUT2D eigenvalue weighted by Gasteiger charge is 2.33. The highest BCUT2D eigenvalue weighted by molar-refractivity contribution is 9.10. The maximum Gasteiger partial charge on any atom is 0.0920 e. The molecule has 0 atom stereocenters. The molecule has 1 heterocycles. The summed E-state index contributed by atoms with van der Waals surface area (Å²) in [5, 5.41) is 10.9. The minimum absolute atomic E-state index is 0.681. The van der Waals surface area contributed by atoms with Gasteiger partial charge in [0.1, 0.15) is 0 Å². The van der Waals surface area contributed by atoms with Gasteiger partial charge in [-0.3, -0.25) is 4.90 Å². The lowest BCUT2D eigenvalue weighted by molar-refractivity contribution is -0.0277. The molecule has 0 radical (unpaired) electrons. The van der Waals surface area contributed by atoms with Crippen LogP contribution in [0.3, 0.4) is 0 Å². The maximum atomic E-state index is 10.9. The van der Waals surface area contributed by atoms with Gasteiger partial charge in [0.15, 0.2) is 0 Å². The Bertz CT molecular complexity index is 633. The van der Waals surface area contributed by atoms with E-state index in [1.165, 1.54) is 10.5 Å². The molecule has 1 saturated heterocycles. The largest absolute Gasteiger partial charge is 0.385 e. The van der Waals surface area contributed by atoms with Crippen molar-refractivity contribution in [2.24, 2.45) is 0 Å². The van der Waals surface area contributed by atoms with Crippen molar-refractivity contribution in [3.05, 3.63) is 64.1 Å². The second-order valence-electron chi connectivity index (χ2n) is 6.16. The summed E-state index contributed by atoms with van der Waals surface area (Å²) in [6, 6.07) is 16.9. The van der Waals surface area contributed by atoms with Crippen molar-refractivity contribution in [3.8, 4) is 0 Å². The van der Waals surface area contributed by atoms with E-state index in [0.717, 1.165) is 42.5 Å². The Morgan fingerprint density at radius 1 is 1.04 bits per heavy atom. The average molecular weight is 392 g/mol. The number of hydrogen-bond acceptors (Lipinski definition) is 3. The van der Waals surface area contributed by atoms with Crippen molar-refractivity contribution in [1.29, 1.82) is 0 Å². The number of nitrogens with zero attached hydrogens (tertiary/aromatic N) is 1. The van der Waals surface area contributed by atoms with E-state index in [9.17, 15) is 5.11 Å². The molecule has 0 spiro atoms. The van der Waals surface area contributed by atoms with E-state index in [1.54, 1.807) is 11.8 Å². The van der Waals surface area contributed by atoms with Crippen LogP contribution in [-0.4, -0.2) is 29.4 Å². The Hall–Kier alpha value is -0.810. The summed E-state index contributed by atoms with van der Waals surface area (Å²) in [4.78, 5) is 3.73. The van der Waals surface area contributed by atoms with Crippen LogP contribution in [0.5, 0.6) is 0 Å². The first-order valence-electron chi connectivity index (χ1n) is 7.93. The summed E-state index contributed by atoms with van der Waals surface area (Å²) in [5.74, 6) is 0. The van der Waals surface area contributed by atoms with Crippen molar-refractivity contribution in [2.45, 2.75) is 29.9 Å². The van der Waals surface area contributed by atoms with Crippen molar-refractivity contribution in [1.82, 2.24) is 4.90 Å². The van der Waals surface area contributed by atoms with Crippen LogP contribution in [0.4, 0.5) is 0 Å². The molecule has 2 nitrogen and oxygen atoms in total. The van der Waals surface area contributed by atoms with Crippen LogP contribution < -0.4 is 0 Å². The predicted molar refractivity (Wildman–Crippen MR) is 101 cm³/mol. The third-order valence-electron chi connectivity index (χ3n) is 4.63. The van der Waals surface area contributed by atoms with Crippen LogP contribution in [-0.2, 0) is 12.1 Å². The van der Waals surface area contributed by atoms with Crippen LogP contribution in [0.25, 0.3) is 0 Å². The van der Waals surface area contributed by atoms with Crippen molar-refractivity contribution >= 4 is 27.7 Å². The number of aliphatic hydroxyl groups is 1. The minimum Gasteiger partial charge on any atom is -0.385 e. The van der Waals surface area contributed by atoms with E-state index in [-0.39, 0.29) is 0 Å². The van der Waals surface area contributed by atoms with Gasteiger partial charge in [-0.05, 0) is 54.5 Å². The molecule has 0 aromatic heterocycles. The molecule has 1 N–H and O–H groups in total. The topological polar surface area (TPSA) is 23.5 Å². The number of benzene rings is 2. The fourth-order valence-electron chi connectivity index (χ4n) is 3.12. The van der Waals surface area contributed by atoms with Gasteiger partial charge >= 0.3 is 0 Å². The van der Waals surface area contributed by atoms with E-state index >= 15 is 0 Å². The molecule has 3 rings (SSSR count). The SMILES string of the molecule is CSc1ccc(CN2CCC(O)(c3ccc(Br)cc3)CC2)cc1. The summed E-state index contributed by atoms with van der Waals surface area (Å²) in [6.07, 6.45) is 3.68. The zero-order chi connectivity index (χ0) is 16.3. The number of likely N-dealkylation sites (tertiary alicyclic amines) is 1. The third-order valence-corrected chi connectivity index (χ3v) is 5.90. The molecule has 2 aromatic rings. The van der Waals surface area contributed by atoms with Gasteiger partial charge in [0, 0.05) is 29.0 Å². The van der Waals surface area contributed by atoms with E-state index in [0.29, 0.717) is 0 Å². The number of piperidine rings is 1. The fourth-order valence-corrected chi connectivity index (χ4v) is 3.79. The smallest absolute Gasteiger partial charge is 0.0920 e. The zero-order valence-electron chi connectivity index (χ0n) is 13.3. The summed E-state index contributed by atoms with van der Waals surface area (Å²) >= 11 is 5.22. The van der Waals surface area contributed by atoms with Crippen molar-refractivity contribution < 1.29 is 5.11 Å². The van der Waals surface area contributed by atoms with Crippen LogP contribution in [0.1, 0.15) is 24.0 Å². The van der Waals surface area contributed by atoms with Crippen molar-refractivity contribution in [3.63, 3.8) is 0 Å². The van der Waals surface area contributed by atoms with Gasteiger partial charge in [-0.1, -0.05) is 40.2 Å². The van der Waals surface area contributed by atoms with E-state index in [1.807, 2.05) is 24.3 Å². The van der Waals surface area contributed by atoms with E-state index in [4.69, 9.17) is 0 Å². The number of hydrogen-bond donors (Lipinski definition) is 1. The van der Waals surface area contributed by atoms with Crippen molar-refractivity contribution in [2.75, 3.05) is 19.3 Å².